The normalized spacial score (nSPS) is 11.5. The zero-order valence-corrected chi connectivity index (χ0v) is 9.76. The minimum atomic E-state index is -1.01. The van der Waals surface area contributed by atoms with E-state index in [9.17, 15) is 9.59 Å². The average Bonchev–Trinajstić information content (AvgIpc) is 2.01. The summed E-state index contributed by atoms with van der Waals surface area (Å²) in [6.45, 7) is 7.68. The van der Waals surface area contributed by atoms with Gasteiger partial charge in [-0.3, -0.25) is 9.59 Å². The van der Waals surface area contributed by atoms with Crippen molar-refractivity contribution in [3.63, 3.8) is 0 Å². The van der Waals surface area contributed by atoms with Gasteiger partial charge < -0.3 is 10.6 Å². The van der Waals surface area contributed by atoms with Gasteiger partial charge in [-0.25, -0.2) is 0 Å². The van der Waals surface area contributed by atoms with Crippen molar-refractivity contribution < 1.29 is 9.59 Å². The Morgan fingerprint density at radius 2 is 1.60 bits per heavy atom. The van der Waals surface area contributed by atoms with Gasteiger partial charge >= 0.3 is 0 Å². The third-order valence-electron chi connectivity index (χ3n) is 1.76. The van der Waals surface area contributed by atoms with E-state index in [0.717, 1.165) is 0 Å². The van der Waals surface area contributed by atoms with Crippen LogP contribution in [0.2, 0.25) is 0 Å². The largest absolute Gasteiger partial charge is 0.342 e. The second-order valence-corrected chi connectivity index (χ2v) is 4.50. The van der Waals surface area contributed by atoms with Crippen molar-refractivity contribution in [2.24, 2.45) is 0 Å². The molecule has 0 heterocycles. The quantitative estimate of drug-likeness (QED) is 0.705. The summed E-state index contributed by atoms with van der Waals surface area (Å²) >= 11 is 0. The summed E-state index contributed by atoms with van der Waals surface area (Å²) in [5, 5.41) is 13.8. The Labute approximate surface area is 89.8 Å². The molecule has 5 heteroatoms. The van der Waals surface area contributed by atoms with Crippen LogP contribution in [0.15, 0.2) is 0 Å². The Morgan fingerprint density at radius 1 is 1.13 bits per heavy atom. The minimum Gasteiger partial charge on any atom is -0.342 e. The monoisotopic (exact) mass is 211 g/mol. The molecule has 0 unspecified atom stereocenters. The van der Waals surface area contributed by atoms with Crippen LogP contribution < -0.4 is 10.6 Å². The summed E-state index contributed by atoms with van der Waals surface area (Å²) in [7, 11) is 0. The molecule has 0 bridgehead atoms. The summed E-state index contributed by atoms with van der Waals surface area (Å²) in [6, 6.07) is 1.95. The fourth-order valence-corrected chi connectivity index (χ4v) is 0.965. The first kappa shape index (κ1) is 13.4. The van der Waals surface area contributed by atoms with Gasteiger partial charge in [0.15, 0.2) is 0 Å². The molecule has 0 spiro atoms. The van der Waals surface area contributed by atoms with E-state index in [0.29, 0.717) is 0 Å². The van der Waals surface area contributed by atoms with Crippen LogP contribution in [-0.2, 0) is 9.59 Å². The molecule has 84 valence electrons. The van der Waals surface area contributed by atoms with Gasteiger partial charge in [-0.05, 0) is 27.7 Å². The number of nitriles is 1. The summed E-state index contributed by atoms with van der Waals surface area (Å²) in [6.07, 6.45) is 0. The first-order valence-corrected chi connectivity index (χ1v) is 4.63. The van der Waals surface area contributed by atoms with E-state index in [-0.39, 0.29) is 11.8 Å². The molecule has 0 aromatic heterocycles. The lowest BCUT2D eigenvalue weighted by Crippen LogP contribution is -2.58. The number of hydrogen-bond acceptors (Lipinski definition) is 3. The van der Waals surface area contributed by atoms with Crippen molar-refractivity contribution in [3.8, 4) is 6.07 Å². The topological polar surface area (TPSA) is 82.0 Å². The van der Waals surface area contributed by atoms with Gasteiger partial charge in [0, 0.05) is 6.92 Å². The lowest BCUT2D eigenvalue weighted by atomic mass is 10.0. The van der Waals surface area contributed by atoms with Gasteiger partial charge in [-0.15, -0.1) is 0 Å². The van der Waals surface area contributed by atoms with Crippen LogP contribution in [0.1, 0.15) is 34.6 Å². The molecule has 0 saturated heterocycles. The van der Waals surface area contributed by atoms with Crippen molar-refractivity contribution in [3.05, 3.63) is 0 Å². The van der Waals surface area contributed by atoms with Gasteiger partial charge in [0.05, 0.1) is 6.07 Å². The first-order chi connectivity index (χ1) is 6.60. The Hall–Kier alpha value is -1.57. The summed E-state index contributed by atoms with van der Waals surface area (Å²) in [5.41, 5.74) is -1.95. The van der Waals surface area contributed by atoms with Crippen molar-refractivity contribution >= 4 is 11.8 Å². The second-order valence-electron chi connectivity index (χ2n) is 4.50. The van der Waals surface area contributed by atoms with E-state index in [2.05, 4.69) is 10.6 Å². The lowest BCUT2D eigenvalue weighted by Gasteiger charge is -2.28. The summed E-state index contributed by atoms with van der Waals surface area (Å²) in [5.74, 6) is -0.672. The van der Waals surface area contributed by atoms with Crippen LogP contribution in [0.25, 0.3) is 0 Å². The molecule has 5 nitrogen and oxygen atoms in total. The molecule has 0 aliphatic heterocycles. The highest BCUT2D eigenvalue weighted by atomic mass is 16.2. The molecule has 0 aromatic rings. The Balaban J connectivity index is 4.59. The predicted molar refractivity (Wildman–Crippen MR) is 55.7 cm³/mol. The molecule has 0 aliphatic carbocycles. The Morgan fingerprint density at radius 3 is 1.93 bits per heavy atom. The molecule has 0 rings (SSSR count). The highest BCUT2D eigenvalue weighted by Gasteiger charge is 2.32. The van der Waals surface area contributed by atoms with Crippen LogP contribution in [0.4, 0.5) is 0 Å². The second kappa shape index (κ2) is 4.30. The SMILES string of the molecule is CC(=O)NC(C)(C)C(=O)NC(C)(C)C#N. The third-order valence-corrected chi connectivity index (χ3v) is 1.76. The van der Waals surface area contributed by atoms with E-state index in [1.54, 1.807) is 27.7 Å². The molecule has 15 heavy (non-hydrogen) atoms. The van der Waals surface area contributed by atoms with Crippen molar-refractivity contribution in [2.75, 3.05) is 0 Å². The molecule has 2 amide bonds. The highest BCUT2D eigenvalue weighted by Crippen LogP contribution is 2.06. The van der Waals surface area contributed by atoms with Gasteiger partial charge in [-0.1, -0.05) is 0 Å². The fraction of sp³-hybridized carbons (Fsp3) is 0.700. The molecule has 2 N–H and O–H groups in total. The number of nitrogens with one attached hydrogen (secondary N) is 2. The number of hydrogen-bond donors (Lipinski definition) is 2. The number of amides is 2. The van der Waals surface area contributed by atoms with E-state index < -0.39 is 11.1 Å². The van der Waals surface area contributed by atoms with Crippen LogP contribution in [0, 0.1) is 11.3 Å². The molecule has 0 aromatic carbocycles. The Bertz CT molecular complexity index is 313. The molecule has 0 atom stereocenters. The molecule has 0 saturated carbocycles. The standard InChI is InChI=1S/C10H17N3O2/c1-7(14)12-10(4,5)8(15)13-9(2,3)6-11/h1-5H3,(H,12,14)(H,13,15). The van der Waals surface area contributed by atoms with E-state index in [4.69, 9.17) is 5.26 Å². The number of carbonyl (C=O) groups excluding carboxylic acids is 2. The molecule has 0 radical (unpaired) electrons. The third kappa shape index (κ3) is 4.45. The maximum Gasteiger partial charge on any atom is 0.246 e. The fourth-order valence-electron chi connectivity index (χ4n) is 0.965. The smallest absolute Gasteiger partial charge is 0.246 e. The zero-order valence-electron chi connectivity index (χ0n) is 9.76. The van der Waals surface area contributed by atoms with E-state index >= 15 is 0 Å². The summed E-state index contributed by atoms with van der Waals surface area (Å²) < 4.78 is 0. The van der Waals surface area contributed by atoms with Crippen molar-refractivity contribution in [1.29, 1.82) is 5.26 Å². The zero-order chi connectivity index (χ0) is 12.3. The molecule has 0 aliphatic rings. The predicted octanol–water partition coefficient (Wildman–Crippen LogP) is 0.319. The number of rotatable bonds is 3. The van der Waals surface area contributed by atoms with Crippen LogP contribution in [0.3, 0.4) is 0 Å². The summed E-state index contributed by atoms with van der Waals surface area (Å²) in [4.78, 5) is 22.5. The van der Waals surface area contributed by atoms with E-state index in [1.807, 2.05) is 6.07 Å². The van der Waals surface area contributed by atoms with Gasteiger partial charge in [0.2, 0.25) is 11.8 Å². The van der Waals surface area contributed by atoms with Gasteiger partial charge in [0.25, 0.3) is 0 Å². The molecular formula is C10H17N3O2. The lowest BCUT2D eigenvalue weighted by molar-refractivity contribution is -0.132. The molecular weight excluding hydrogens is 194 g/mol. The maximum absolute atomic E-state index is 11.7. The first-order valence-electron chi connectivity index (χ1n) is 4.63. The van der Waals surface area contributed by atoms with Gasteiger partial charge in [-0.2, -0.15) is 5.26 Å². The highest BCUT2D eigenvalue weighted by molar-refractivity contribution is 5.90. The number of nitrogens with zero attached hydrogens (tertiary/aromatic N) is 1. The van der Waals surface area contributed by atoms with Crippen molar-refractivity contribution in [2.45, 2.75) is 45.7 Å². The Kier molecular flexibility index (Phi) is 3.85. The van der Waals surface area contributed by atoms with Crippen LogP contribution in [0.5, 0.6) is 0 Å². The average molecular weight is 211 g/mol. The number of carbonyl (C=O) groups is 2. The van der Waals surface area contributed by atoms with Gasteiger partial charge in [0.1, 0.15) is 11.1 Å². The van der Waals surface area contributed by atoms with Crippen LogP contribution >= 0.6 is 0 Å². The van der Waals surface area contributed by atoms with E-state index in [1.165, 1.54) is 6.92 Å². The molecule has 0 fully saturated rings. The minimum absolute atomic E-state index is 0.287. The van der Waals surface area contributed by atoms with Crippen molar-refractivity contribution in [1.82, 2.24) is 10.6 Å². The maximum atomic E-state index is 11.7. The van der Waals surface area contributed by atoms with Crippen LogP contribution in [-0.4, -0.2) is 22.9 Å².